The molecule has 20 heavy (non-hydrogen) atoms. The summed E-state index contributed by atoms with van der Waals surface area (Å²) in [4.78, 5) is 0. The molecule has 1 N–H and O–H groups in total. The molecule has 3 rings (SSSR count). The summed E-state index contributed by atoms with van der Waals surface area (Å²) in [5.74, 6) is 0.669. The predicted molar refractivity (Wildman–Crippen MR) is 84.4 cm³/mol. The molecule has 0 saturated heterocycles. The Morgan fingerprint density at radius 3 is 2.55 bits per heavy atom. The van der Waals surface area contributed by atoms with Gasteiger partial charge < -0.3 is 5.32 Å². The first kappa shape index (κ1) is 13.2. The summed E-state index contributed by atoms with van der Waals surface area (Å²) in [5, 5.41) is 12.8. The van der Waals surface area contributed by atoms with Crippen LogP contribution in [0.15, 0.2) is 53.0 Å². The highest BCUT2D eigenvalue weighted by atomic mass is 79.9. The SMILES string of the molecule is N#Cc1ccc(Br)cc1NC(c1ccccc1)C1CC1. The van der Waals surface area contributed by atoms with Crippen molar-refractivity contribution < 1.29 is 0 Å². The molecule has 100 valence electrons. The Morgan fingerprint density at radius 1 is 1.15 bits per heavy atom. The lowest BCUT2D eigenvalue weighted by Gasteiger charge is -2.21. The van der Waals surface area contributed by atoms with Gasteiger partial charge in [-0.25, -0.2) is 0 Å². The van der Waals surface area contributed by atoms with Crippen LogP contribution in [0.2, 0.25) is 0 Å². The van der Waals surface area contributed by atoms with E-state index in [-0.39, 0.29) is 6.04 Å². The molecule has 0 aromatic heterocycles. The number of hydrogen-bond donors (Lipinski definition) is 1. The van der Waals surface area contributed by atoms with E-state index in [9.17, 15) is 5.26 Å². The van der Waals surface area contributed by atoms with Gasteiger partial charge in [0.15, 0.2) is 0 Å². The second-order valence-corrected chi connectivity index (χ2v) is 6.09. The van der Waals surface area contributed by atoms with Crippen molar-refractivity contribution in [2.75, 3.05) is 5.32 Å². The minimum Gasteiger partial charge on any atom is -0.377 e. The highest BCUT2D eigenvalue weighted by molar-refractivity contribution is 9.10. The van der Waals surface area contributed by atoms with E-state index in [4.69, 9.17) is 0 Å². The molecule has 1 aliphatic carbocycles. The van der Waals surface area contributed by atoms with E-state index in [1.54, 1.807) is 0 Å². The van der Waals surface area contributed by atoms with E-state index in [0.717, 1.165) is 10.2 Å². The number of rotatable bonds is 4. The molecule has 1 atom stereocenters. The van der Waals surface area contributed by atoms with Crippen LogP contribution in [0.4, 0.5) is 5.69 Å². The highest BCUT2D eigenvalue weighted by Gasteiger charge is 2.32. The number of nitrogens with one attached hydrogen (secondary N) is 1. The van der Waals surface area contributed by atoms with Crippen LogP contribution in [-0.2, 0) is 0 Å². The molecule has 0 heterocycles. The summed E-state index contributed by atoms with van der Waals surface area (Å²) >= 11 is 3.47. The number of halogens is 1. The van der Waals surface area contributed by atoms with Gasteiger partial charge >= 0.3 is 0 Å². The molecule has 2 aromatic rings. The summed E-state index contributed by atoms with van der Waals surface area (Å²) in [6.45, 7) is 0. The zero-order chi connectivity index (χ0) is 13.9. The maximum Gasteiger partial charge on any atom is 0.101 e. The van der Waals surface area contributed by atoms with E-state index < -0.39 is 0 Å². The van der Waals surface area contributed by atoms with Crippen LogP contribution < -0.4 is 5.32 Å². The van der Waals surface area contributed by atoms with Crippen molar-refractivity contribution in [3.05, 3.63) is 64.1 Å². The van der Waals surface area contributed by atoms with Crippen molar-refractivity contribution in [2.45, 2.75) is 18.9 Å². The van der Waals surface area contributed by atoms with Crippen molar-refractivity contribution in [3.8, 4) is 6.07 Å². The number of nitrogens with zero attached hydrogens (tertiary/aromatic N) is 1. The maximum atomic E-state index is 9.24. The molecule has 0 radical (unpaired) electrons. The van der Waals surface area contributed by atoms with Gasteiger partial charge in [0.2, 0.25) is 0 Å². The summed E-state index contributed by atoms with van der Waals surface area (Å²) in [5.41, 5.74) is 2.89. The molecule has 0 bridgehead atoms. The van der Waals surface area contributed by atoms with Gasteiger partial charge in [0.25, 0.3) is 0 Å². The molecule has 1 aliphatic rings. The van der Waals surface area contributed by atoms with Gasteiger partial charge in [0.05, 0.1) is 17.3 Å². The molecule has 2 nitrogen and oxygen atoms in total. The van der Waals surface area contributed by atoms with Gasteiger partial charge in [-0.1, -0.05) is 46.3 Å². The van der Waals surface area contributed by atoms with Gasteiger partial charge in [-0.05, 0) is 42.5 Å². The van der Waals surface area contributed by atoms with Gasteiger partial charge in [-0.15, -0.1) is 0 Å². The molecule has 1 fully saturated rings. The van der Waals surface area contributed by atoms with Crippen LogP contribution in [-0.4, -0.2) is 0 Å². The van der Waals surface area contributed by atoms with Crippen LogP contribution in [0.25, 0.3) is 0 Å². The normalized spacial score (nSPS) is 15.4. The van der Waals surface area contributed by atoms with E-state index >= 15 is 0 Å². The zero-order valence-electron chi connectivity index (χ0n) is 11.0. The molecular weight excluding hydrogens is 312 g/mol. The summed E-state index contributed by atoms with van der Waals surface area (Å²) in [7, 11) is 0. The first-order valence-electron chi connectivity index (χ1n) is 6.79. The van der Waals surface area contributed by atoms with Crippen LogP contribution in [0, 0.1) is 17.2 Å². The third-order valence-electron chi connectivity index (χ3n) is 3.67. The molecule has 0 spiro atoms. The Labute approximate surface area is 127 Å². The smallest absolute Gasteiger partial charge is 0.101 e. The second kappa shape index (κ2) is 5.68. The molecule has 0 amide bonds. The quantitative estimate of drug-likeness (QED) is 0.868. The van der Waals surface area contributed by atoms with Crippen molar-refractivity contribution in [1.82, 2.24) is 0 Å². The summed E-state index contributed by atoms with van der Waals surface area (Å²) in [6, 6.07) is 18.8. The Kier molecular flexibility index (Phi) is 3.75. The highest BCUT2D eigenvalue weighted by Crippen LogP contribution is 2.43. The lowest BCUT2D eigenvalue weighted by atomic mass is 10.0. The number of nitriles is 1. The number of benzene rings is 2. The third kappa shape index (κ3) is 2.86. The van der Waals surface area contributed by atoms with Crippen LogP contribution in [0.5, 0.6) is 0 Å². The van der Waals surface area contributed by atoms with Crippen molar-refractivity contribution in [1.29, 1.82) is 5.26 Å². The lowest BCUT2D eigenvalue weighted by molar-refractivity contribution is 0.679. The van der Waals surface area contributed by atoms with Crippen molar-refractivity contribution in [3.63, 3.8) is 0 Å². The van der Waals surface area contributed by atoms with E-state index in [1.165, 1.54) is 18.4 Å². The minimum atomic E-state index is 0.289. The fraction of sp³-hybridized carbons (Fsp3) is 0.235. The first-order valence-corrected chi connectivity index (χ1v) is 7.58. The van der Waals surface area contributed by atoms with Crippen LogP contribution in [0.3, 0.4) is 0 Å². The Balaban J connectivity index is 1.92. The molecule has 1 saturated carbocycles. The topological polar surface area (TPSA) is 35.8 Å². The minimum absolute atomic E-state index is 0.289. The zero-order valence-corrected chi connectivity index (χ0v) is 12.6. The summed E-state index contributed by atoms with van der Waals surface area (Å²) in [6.07, 6.45) is 2.50. The second-order valence-electron chi connectivity index (χ2n) is 5.17. The predicted octanol–water partition coefficient (Wildman–Crippen LogP) is 4.88. The van der Waals surface area contributed by atoms with Crippen molar-refractivity contribution in [2.24, 2.45) is 5.92 Å². The molecule has 3 heteroatoms. The van der Waals surface area contributed by atoms with Gasteiger partial charge in [-0.2, -0.15) is 5.26 Å². The molecule has 0 aliphatic heterocycles. The fourth-order valence-corrected chi connectivity index (χ4v) is 2.83. The van der Waals surface area contributed by atoms with E-state index in [2.05, 4.69) is 51.6 Å². The largest absolute Gasteiger partial charge is 0.377 e. The van der Waals surface area contributed by atoms with Crippen LogP contribution in [0.1, 0.15) is 30.0 Å². The number of anilines is 1. The van der Waals surface area contributed by atoms with Gasteiger partial charge in [-0.3, -0.25) is 0 Å². The lowest BCUT2D eigenvalue weighted by Crippen LogP contribution is -2.13. The average molecular weight is 327 g/mol. The first-order chi connectivity index (χ1) is 9.78. The molecule has 1 unspecified atom stereocenters. The van der Waals surface area contributed by atoms with Crippen LogP contribution >= 0.6 is 15.9 Å². The van der Waals surface area contributed by atoms with Gasteiger partial charge in [0.1, 0.15) is 6.07 Å². The monoisotopic (exact) mass is 326 g/mol. The molecular formula is C17H15BrN2. The number of hydrogen-bond acceptors (Lipinski definition) is 2. The van der Waals surface area contributed by atoms with Crippen molar-refractivity contribution >= 4 is 21.6 Å². The Bertz CT molecular complexity index is 642. The summed E-state index contributed by atoms with van der Waals surface area (Å²) < 4.78 is 0.988. The average Bonchev–Trinajstić information content (AvgIpc) is 3.30. The standard InChI is InChI=1S/C17H15BrN2/c18-15-9-8-14(11-19)16(10-15)20-17(13-6-7-13)12-4-2-1-3-5-12/h1-5,8-10,13,17,20H,6-7H2. The van der Waals surface area contributed by atoms with Gasteiger partial charge in [0, 0.05) is 4.47 Å². The Morgan fingerprint density at radius 2 is 1.90 bits per heavy atom. The van der Waals surface area contributed by atoms with E-state index in [1.807, 2.05) is 24.3 Å². The van der Waals surface area contributed by atoms with E-state index in [0.29, 0.717) is 11.5 Å². The maximum absolute atomic E-state index is 9.24. The third-order valence-corrected chi connectivity index (χ3v) is 4.16. The Hall–Kier alpha value is -1.79. The molecule has 2 aromatic carbocycles. The fourth-order valence-electron chi connectivity index (χ4n) is 2.46.